The maximum atomic E-state index is 13.4. The van der Waals surface area contributed by atoms with Crippen molar-refractivity contribution >= 4 is 11.8 Å². The third kappa shape index (κ3) is 3.06. The van der Waals surface area contributed by atoms with Gasteiger partial charge < -0.3 is 5.11 Å². The Bertz CT molecular complexity index is 642. The van der Waals surface area contributed by atoms with E-state index in [1.165, 1.54) is 44.9 Å². The summed E-state index contributed by atoms with van der Waals surface area (Å²) in [6.45, 7) is 9.61. The fraction of sp³-hybridized carbons (Fsp3) is 0.920. The number of rotatable bonds is 4. The predicted molar refractivity (Wildman–Crippen MR) is 111 cm³/mol. The summed E-state index contributed by atoms with van der Waals surface area (Å²) in [5, 5.41) is 9.10. The molecule has 0 spiro atoms. The molecule has 3 nitrogen and oxygen atoms in total. The average Bonchev–Trinajstić information content (AvgIpc) is 2.98. The van der Waals surface area contributed by atoms with Crippen LogP contribution in [0.5, 0.6) is 0 Å². The molecular formula is C25H40O3. The molecule has 28 heavy (non-hydrogen) atoms. The van der Waals surface area contributed by atoms with Crippen LogP contribution in [0.25, 0.3) is 0 Å². The van der Waals surface area contributed by atoms with Crippen molar-refractivity contribution in [1.82, 2.24) is 0 Å². The number of hydrogen-bond acceptors (Lipinski definition) is 2. The Morgan fingerprint density at radius 1 is 1.11 bits per heavy atom. The number of carbonyl (C=O) groups excluding carboxylic acids is 1. The molecule has 0 aromatic rings. The zero-order valence-corrected chi connectivity index (χ0v) is 18.4. The topological polar surface area (TPSA) is 54.4 Å². The molecule has 5 unspecified atom stereocenters. The van der Waals surface area contributed by atoms with Crippen LogP contribution in [0, 0.1) is 52.3 Å². The lowest BCUT2D eigenvalue weighted by atomic mass is 9.43. The van der Waals surface area contributed by atoms with Crippen LogP contribution >= 0.6 is 0 Å². The van der Waals surface area contributed by atoms with Gasteiger partial charge in [-0.3, -0.25) is 9.59 Å². The lowest BCUT2D eigenvalue weighted by Crippen LogP contribution is -2.57. The Kier molecular flexibility index (Phi) is 5.20. The Hall–Kier alpha value is -0.860. The molecule has 0 aliphatic heterocycles. The van der Waals surface area contributed by atoms with Crippen molar-refractivity contribution < 1.29 is 14.7 Å². The molecule has 1 N–H and O–H groups in total. The monoisotopic (exact) mass is 388 g/mol. The summed E-state index contributed by atoms with van der Waals surface area (Å²) < 4.78 is 0. The SMILES string of the molecule is CC1CC[C@]2(C)C3CC[C@@]4(C)C(CCC4[C@H](C)CCC(=O)O)C3C(=O)C[C@@H]2C1. The van der Waals surface area contributed by atoms with Crippen LogP contribution in [0.1, 0.15) is 91.9 Å². The Balaban J connectivity index is 1.56. The molecule has 4 aliphatic carbocycles. The summed E-state index contributed by atoms with van der Waals surface area (Å²) in [7, 11) is 0. The van der Waals surface area contributed by atoms with E-state index in [2.05, 4.69) is 27.7 Å². The van der Waals surface area contributed by atoms with Crippen LogP contribution in [0.15, 0.2) is 0 Å². The number of fused-ring (bicyclic) bond motifs is 5. The van der Waals surface area contributed by atoms with E-state index in [1.54, 1.807) is 0 Å². The summed E-state index contributed by atoms with van der Waals surface area (Å²) >= 11 is 0. The molecule has 0 heterocycles. The zero-order chi connectivity index (χ0) is 20.3. The number of ketones is 1. The largest absolute Gasteiger partial charge is 0.481 e. The second-order valence-electron chi connectivity index (χ2n) is 11.6. The molecule has 3 heteroatoms. The number of Topliss-reactive ketones (excluding diaryl/α,β-unsaturated/α-hetero) is 1. The van der Waals surface area contributed by atoms with Crippen LogP contribution in [0.3, 0.4) is 0 Å². The summed E-state index contributed by atoms with van der Waals surface area (Å²) in [6, 6.07) is 0. The number of carbonyl (C=O) groups is 2. The average molecular weight is 389 g/mol. The maximum Gasteiger partial charge on any atom is 0.303 e. The van der Waals surface area contributed by atoms with Gasteiger partial charge in [0.05, 0.1) is 0 Å². The number of hydrogen-bond donors (Lipinski definition) is 1. The summed E-state index contributed by atoms with van der Waals surface area (Å²) in [6.07, 6.45) is 10.6. The van der Waals surface area contributed by atoms with E-state index < -0.39 is 5.97 Å². The van der Waals surface area contributed by atoms with E-state index in [9.17, 15) is 9.59 Å². The van der Waals surface area contributed by atoms with Crippen LogP contribution in [0.4, 0.5) is 0 Å². The van der Waals surface area contributed by atoms with Crippen molar-refractivity contribution in [3.63, 3.8) is 0 Å². The first-order chi connectivity index (χ1) is 13.2. The second-order valence-corrected chi connectivity index (χ2v) is 11.6. The van der Waals surface area contributed by atoms with Crippen molar-refractivity contribution in [2.24, 2.45) is 52.3 Å². The van der Waals surface area contributed by atoms with Gasteiger partial charge in [0.15, 0.2) is 0 Å². The van der Waals surface area contributed by atoms with Gasteiger partial charge in [0.25, 0.3) is 0 Å². The zero-order valence-electron chi connectivity index (χ0n) is 18.4. The van der Waals surface area contributed by atoms with Gasteiger partial charge in [-0.05, 0) is 91.3 Å². The standard InChI is InChI=1S/C25H40O3/c1-15-9-11-24(3)17(13-15)14-21(26)23-19-7-6-18(16(2)5-8-22(27)28)25(19,4)12-10-20(23)24/h15-20,23H,5-14H2,1-4H3,(H,27,28)/t15?,16-,17+,18?,19?,20?,23?,24+,25-/m1/s1. The Labute approximate surface area is 171 Å². The van der Waals surface area contributed by atoms with Crippen LogP contribution < -0.4 is 0 Å². The normalized spacial score (nSPS) is 49.1. The molecule has 4 saturated carbocycles. The summed E-state index contributed by atoms with van der Waals surface area (Å²) in [4.78, 5) is 24.5. The summed E-state index contributed by atoms with van der Waals surface area (Å²) in [5.41, 5.74) is 0.610. The molecule has 0 amide bonds. The molecule has 0 aromatic carbocycles. The van der Waals surface area contributed by atoms with Crippen molar-refractivity contribution in [3.05, 3.63) is 0 Å². The van der Waals surface area contributed by atoms with Crippen molar-refractivity contribution in [2.75, 3.05) is 0 Å². The van der Waals surface area contributed by atoms with Crippen LogP contribution in [0.2, 0.25) is 0 Å². The molecule has 158 valence electrons. The first kappa shape index (κ1) is 20.4. The number of carboxylic acids is 1. The molecule has 0 bridgehead atoms. The van der Waals surface area contributed by atoms with E-state index in [-0.39, 0.29) is 17.8 Å². The smallest absolute Gasteiger partial charge is 0.303 e. The third-order valence-corrected chi connectivity index (χ3v) is 10.3. The minimum atomic E-state index is -0.678. The van der Waals surface area contributed by atoms with Gasteiger partial charge in [-0.2, -0.15) is 0 Å². The number of aliphatic carboxylic acids is 1. The predicted octanol–water partition coefficient (Wildman–Crippen LogP) is 5.96. The van der Waals surface area contributed by atoms with Gasteiger partial charge >= 0.3 is 5.97 Å². The van der Waals surface area contributed by atoms with E-state index in [1.807, 2.05) is 0 Å². The van der Waals surface area contributed by atoms with E-state index in [0.29, 0.717) is 40.8 Å². The molecule has 9 atom stereocenters. The lowest BCUT2D eigenvalue weighted by Gasteiger charge is -2.60. The van der Waals surface area contributed by atoms with Crippen molar-refractivity contribution in [1.29, 1.82) is 0 Å². The molecule has 4 rings (SSSR count). The Morgan fingerprint density at radius 2 is 1.79 bits per heavy atom. The quantitative estimate of drug-likeness (QED) is 0.646. The highest BCUT2D eigenvalue weighted by molar-refractivity contribution is 5.83. The highest BCUT2D eigenvalue weighted by Gasteiger charge is 2.62. The molecular weight excluding hydrogens is 348 g/mol. The Morgan fingerprint density at radius 3 is 2.50 bits per heavy atom. The highest BCUT2D eigenvalue weighted by Crippen LogP contribution is 2.67. The highest BCUT2D eigenvalue weighted by atomic mass is 16.4. The second kappa shape index (κ2) is 7.13. The van der Waals surface area contributed by atoms with E-state index in [4.69, 9.17) is 5.11 Å². The summed E-state index contributed by atoms with van der Waals surface area (Å²) in [5.74, 6) is 3.74. The van der Waals surface area contributed by atoms with Gasteiger partial charge in [-0.25, -0.2) is 0 Å². The van der Waals surface area contributed by atoms with Gasteiger partial charge in [0.2, 0.25) is 0 Å². The molecule has 0 radical (unpaired) electrons. The minimum Gasteiger partial charge on any atom is -0.481 e. The van der Waals surface area contributed by atoms with Crippen LogP contribution in [-0.4, -0.2) is 16.9 Å². The van der Waals surface area contributed by atoms with Gasteiger partial charge in [-0.1, -0.05) is 34.1 Å². The fourth-order valence-electron chi connectivity index (χ4n) is 8.67. The minimum absolute atomic E-state index is 0.236. The van der Waals surface area contributed by atoms with Gasteiger partial charge in [-0.15, -0.1) is 0 Å². The number of carboxylic acid groups (broad SMARTS) is 1. The van der Waals surface area contributed by atoms with E-state index in [0.717, 1.165) is 18.8 Å². The maximum absolute atomic E-state index is 13.4. The molecule has 4 aliphatic rings. The van der Waals surface area contributed by atoms with Crippen molar-refractivity contribution in [2.45, 2.75) is 91.9 Å². The molecule has 0 aromatic heterocycles. The van der Waals surface area contributed by atoms with Gasteiger partial charge in [0, 0.05) is 18.8 Å². The van der Waals surface area contributed by atoms with Crippen LogP contribution in [-0.2, 0) is 9.59 Å². The molecule has 4 fully saturated rings. The van der Waals surface area contributed by atoms with Crippen molar-refractivity contribution in [3.8, 4) is 0 Å². The van der Waals surface area contributed by atoms with E-state index >= 15 is 0 Å². The fourth-order valence-corrected chi connectivity index (χ4v) is 8.67. The first-order valence-electron chi connectivity index (χ1n) is 11.9. The first-order valence-corrected chi connectivity index (χ1v) is 11.9. The lowest BCUT2D eigenvalue weighted by molar-refractivity contribution is -0.158. The third-order valence-electron chi connectivity index (χ3n) is 10.3. The molecule has 0 saturated heterocycles. The van der Waals surface area contributed by atoms with Gasteiger partial charge in [0.1, 0.15) is 5.78 Å².